The normalized spacial score (nSPS) is 10.0. The van der Waals surface area contributed by atoms with E-state index in [1.54, 1.807) is 18.2 Å². The van der Waals surface area contributed by atoms with Gasteiger partial charge >= 0.3 is 11.9 Å². The van der Waals surface area contributed by atoms with Gasteiger partial charge in [-0.25, -0.2) is 19.0 Å². The van der Waals surface area contributed by atoms with Gasteiger partial charge in [0.15, 0.2) is 0 Å². The SMILES string of the molecule is Nc1ccc(Cc2ccc(F)cc2)c(N)n1.O=C(O)/C=C\C(=O)O. The van der Waals surface area contributed by atoms with Gasteiger partial charge in [0.25, 0.3) is 0 Å². The number of aliphatic carboxylic acids is 2. The molecule has 0 saturated heterocycles. The molecule has 2 rings (SSSR count). The summed E-state index contributed by atoms with van der Waals surface area (Å²) in [5, 5.41) is 15.6. The van der Waals surface area contributed by atoms with E-state index < -0.39 is 11.9 Å². The maximum absolute atomic E-state index is 12.7. The van der Waals surface area contributed by atoms with Gasteiger partial charge in [0.05, 0.1) is 0 Å². The van der Waals surface area contributed by atoms with Crippen molar-refractivity contribution in [2.24, 2.45) is 0 Å². The van der Waals surface area contributed by atoms with Gasteiger partial charge in [0, 0.05) is 18.6 Å². The number of hydrogen-bond donors (Lipinski definition) is 4. The second-order valence-electron chi connectivity index (χ2n) is 4.59. The Hall–Kier alpha value is -3.42. The average molecular weight is 333 g/mol. The van der Waals surface area contributed by atoms with Gasteiger partial charge in [0.1, 0.15) is 17.5 Å². The molecule has 0 aliphatic heterocycles. The number of carboxylic acids is 2. The van der Waals surface area contributed by atoms with Crippen LogP contribution in [0.15, 0.2) is 48.6 Å². The van der Waals surface area contributed by atoms with E-state index in [1.807, 2.05) is 6.07 Å². The molecule has 0 unspecified atom stereocenters. The second kappa shape index (κ2) is 8.89. The topological polar surface area (TPSA) is 140 Å². The monoisotopic (exact) mass is 333 g/mol. The first-order valence-corrected chi connectivity index (χ1v) is 6.67. The first-order valence-electron chi connectivity index (χ1n) is 6.67. The number of nitrogen functional groups attached to an aromatic ring is 2. The lowest BCUT2D eigenvalue weighted by molar-refractivity contribution is -0.134. The van der Waals surface area contributed by atoms with Crippen LogP contribution in [0.25, 0.3) is 0 Å². The Labute approximate surface area is 137 Å². The molecule has 6 N–H and O–H groups in total. The molecule has 1 aromatic heterocycles. The predicted molar refractivity (Wildman–Crippen MR) is 86.7 cm³/mol. The van der Waals surface area contributed by atoms with E-state index in [1.165, 1.54) is 12.1 Å². The molecule has 0 saturated carbocycles. The number of carbonyl (C=O) groups is 2. The lowest BCUT2D eigenvalue weighted by atomic mass is 10.1. The Balaban J connectivity index is 0.000000307. The minimum absolute atomic E-state index is 0.243. The Bertz CT molecular complexity index is 729. The van der Waals surface area contributed by atoms with Crippen LogP contribution in [0.3, 0.4) is 0 Å². The summed E-state index contributed by atoms with van der Waals surface area (Å²) in [7, 11) is 0. The van der Waals surface area contributed by atoms with Crippen molar-refractivity contribution >= 4 is 23.6 Å². The summed E-state index contributed by atoms with van der Waals surface area (Å²) < 4.78 is 12.7. The van der Waals surface area contributed by atoms with E-state index in [0.717, 1.165) is 11.1 Å². The molecule has 24 heavy (non-hydrogen) atoms. The Kier molecular flexibility index (Phi) is 6.90. The fraction of sp³-hybridized carbons (Fsp3) is 0.0625. The molecule has 1 heterocycles. The molecule has 0 atom stereocenters. The molecule has 0 aliphatic rings. The van der Waals surface area contributed by atoms with Gasteiger partial charge in [-0.1, -0.05) is 18.2 Å². The second-order valence-corrected chi connectivity index (χ2v) is 4.59. The van der Waals surface area contributed by atoms with E-state index in [9.17, 15) is 14.0 Å². The number of aromatic nitrogens is 1. The highest BCUT2D eigenvalue weighted by atomic mass is 19.1. The summed E-state index contributed by atoms with van der Waals surface area (Å²) in [4.78, 5) is 23.1. The van der Waals surface area contributed by atoms with Crippen LogP contribution in [0.5, 0.6) is 0 Å². The maximum Gasteiger partial charge on any atom is 0.328 e. The van der Waals surface area contributed by atoms with Crippen molar-refractivity contribution in [1.82, 2.24) is 4.98 Å². The van der Waals surface area contributed by atoms with Crippen LogP contribution in [0.4, 0.5) is 16.0 Å². The van der Waals surface area contributed by atoms with Gasteiger partial charge in [-0.05, 0) is 29.3 Å². The molecule has 1 aromatic carbocycles. The minimum Gasteiger partial charge on any atom is -0.478 e. The van der Waals surface area contributed by atoms with E-state index >= 15 is 0 Å². The highest BCUT2D eigenvalue weighted by molar-refractivity contribution is 5.89. The van der Waals surface area contributed by atoms with Crippen molar-refractivity contribution in [3.05, 3.63) is 65.5 Å². The van der Waals surface area contributed by atoms with Gasteiger partial charge in [0.2, 0.25) is 0 Å². The van der Waals surface area contributed by atoms with Crippen LogP contribution in [0, 0.1) is 5.82 Å². The zero-order valence-electron chi connectivity index (χ0n) is 12.5. The molecular formula is C16H16FN3O4. The molecule has 0 amide bonds. The number of halogens is 1. The van der Waals surface area contributed by atoms with Crippen LogP contribution in [0.2, 0.25) is 0 Å². The fourth-order valence-electron chi connectivity index (χ4n) is 1.63. The number of nitrogens with zero attached hydrogens (tertiary/aromatic N) is 1. The van der Waals surface area contributed by atoms with E-state index in [-0.39, 0.29) is 5.82 Å². The fourth-order valence-corrected chi connectivity index (χ4v) is 1.63. The summed E-state index contributed by atoms with van der Waals surface area (Å²) in [6.45, 7) is 0. The summed E-state index contributed by atoms with van der Waals surface area (Å²) in [5.41, 5.74) is 13.1. The van der Waals surface area contributed by atoms with Crippen molar-refractivity contribution in [2.75, 3.05) is 11.5 Å². The first kappa shape index (κ1) is 18.6. The molecular weight excluding hydrogens is 317 g/mol. The molecule has 2 aromatic rings. The smallest absolute Gasteiger partial charge is 0.328 e. The molecule has 0 aliphatic carbocycles. The lowest BCUT2D eigenvalue weighted by Gasteiger charge is -2.05. The predicted octanol–water partition coefficient (Wildman–Crippen LogP) is 1.69. The number of pyridine rings is 1. The van der Waals surface area contributed by atoms with Gasteiger partial charge in [-0.2, -0.15) is 0 Å². The number of anilines is 2. The molecule has 0 fully saturated rings. The number of benzene rings is 1. The lowest BCUT2D eigenvalue weighted by Crippen LogP contribution is -2.01. The Morgan fingerprint density at radius 2 is 1.54 bits per heavy atom. The summed E-state index contributed by atoms with van der Waals surface area (Å²) in [6.07, 6.45) is 1.74. The summed E-state index contributed by atoms with van der Waals surface area (Å²) in [5.74, 6) is -1.93. The quantitative estimate of drug-likeness (QED) is 0.624. The third-order valence-electron chi connectivity index (χ3n) is 2.71. The third kappa shape index (κ3) is 7.03. The maximum atomic E-state index is 12.7. The molecule has 8 heteroatoms. The third-order valence-corrected chi connectivity index (χ3v) is 2.71. The number of nitrogens with two attached hydrogens (primary N) is 2. The average Bonchev–Trinajstić information content (AvgIpc) is 2.51. The summed E-state index contributed by atoms with van der Waals surface area (Å²) in [6, 6.07) is 9.85. The highest BCUT2D eigenvalue weighted by Gasteiger charge is 2.02. The minimum atomic E-state index is -1.26. The van der Waals surface area contributed by atoms with Crippen LogP contribution in [-0.4, -0.2) is 27.1 Å². The standard InChI is InChI=1S/C12H12FN3.C4H4O4/c13-10-4-1-8(2-5-10)7-9-3-6-11(14)16-12(9)15;5-3(6)1-2-4(7)8/h1-6H,7H2,(H4,14,15,16);1-2H,(H,5,6)(H,7,8)/b;2-1-. The van der Waals surface area contributed by atoms with Crippen molar-refractivity contribution in [2.45, 2.75) is 6.42 Å². The van der Waals surface area contributed by atoms with Crippen LogP contribution in [-0.2, 0) is 16.0 Å². The van der Waals surface area contributed by atoms with Crippen molar-refractivity contribution in [3.8, 4) is 0 Å². The Morgan fingerprint density at radius 3 is 2.00 bits per heavy atom. The van der Waals surface area contributed by atoms with Crippen molar-refractivity contribution in [1.29, 1.82) is 0 Å². The zero-order valence-corrected chi connectivity index (χ0v) is 12.5. The number of carboxylic acid groups (broad SMARTS) is 2. The van der Waals surface area contributed by atoms with E-state index in [4.69, 9.17) is 21.7 Å². The van der Waals surface area contributed by atoms with Gasteiger partial charge in [-0.3, -0.25) is 0 Å². The van der Waals surface area contributed by atoms with Crippen LogP contribution >= 0.6 is 0 Å². The van der Waals surface area contributed by atoms with Crippen molar-refractivity contribution < 1.29 is 24.2 Å². The molecule has 0 spiro atoms. The largest absolute Gasteiger partial charge is 0.478 e. The molecule has 7 nitrogen and oxygen atoms in total. The van der Waals surface area contributed by atoms with Crippen molar-refractivity contribution in [3.63, 3.8) is 0 Å². The number of rotatable bonds is 4. The van der Waals surface area contributed by atoms with E-state index in [2.05, 4.69) is 4.98 Å². The van der Waals surface area contributed by atoms with Gasteiger partial charge in [-0.15, -0.1) is 0 Å². The van der Waals surface area contributed by atoms with Gasteiger partial charge < -0.3 is 21.7 Å². The van der Waals surface area contributed by atoms with Crippen LogP contribution < -0.4 is 11.5 Å². The molecule has 0 bridgehead atoms. The first-order chi connectivity index (χ1) is 11.3. The summed E-state index contributed by atoms with van der Waals surface area (Å²) >= 11 is 0. The zero-order chi connectivity index (χ0) is 18.1. The van der Waals surface area contributed by atoms with Crippen LogP contribution in [0.1, 0.15) is 11.1 Å². The molecule has 0 radical (unpaired) electrons. The van der Waals surface area contributed by atoms with E-state index in [0.29, 0.717) is 30.2 Å². The Morgan fingerprint density at radius 1 is 1.00 bits per heavy atom. The highest BCUT2D eigenvalue weighted by Crippen LogP contribution is 2.16. The number of hydrogen-bond acceptors (Lipinski definition) is 5. The molecule has 126 valence electrons.